The number of nitrogens with two attached hydrogens (primary N) is 1. The van der Waals surface area contributed by atoms with Crippen LogP contribution in [-0.4, -0.2) is 18.6 Å². The zero-order chi connectivity index (χ0) is 14.4. The third-order valence-corrected chi connectivity index (χ3v) is 4.10. The number of rotatable bonds is 14. The van der Waals surface area contributed by atoms with Gasteiger partial charge in [-0.3, -0.25) is 0 Å². The second-order valence-corrected chi connectivity index (χ2v) is 6.25. The van der Waals surface area contributed by atoms with E-state index in [2.05, 4.69) is 26.1 Å². The van der Waals surface area contributed by atoms with Gasteiger partial charge in [0.25, 0.3) is 0 Å². The van der Waals surface area contributed by atoms with Gasteiger partial charge >= 0.3 is 0 Å². The second kappa shape index (κ2) is 12.9. The summed E-state index contributed by atoms with van der Waals surface area (Å²) in [5.74, 6) is 0. The van der Waals surface area contributed by atoms with E-state index in [-0.39, 0.29) is 0 Å². The van der Waals surface area contributed by atoms with Crippen LogP contribution in [0.3, 0.4) is 0 Å². The van der Waals surface area contributed by atoms with E-state index in [4.69, 9.17) is 5.73 Å². The molecule has 0 aliphatic carbocycles. The van der Waals surface area contributed by atoms with Crippen LogP contribution in [-0.2, 0) is 0 Å². The summed E-state index contributed by atoms with van der Waals surface area (Å²) in [4.78, 5) is 0. The molecule has 0 aromatic rings. The average molecular weight is 271 g/mol. The predicted molar refractivity (Wildman–Crippen MR) is 87.6 cm³/mol. The van der Waals surface area contributed by atoms with Crippen molar-refractivity contribution in [3.8, 4) is 0 Å². The molecule has 0 heterocycles. The number of unbranched alkanes of at least 4 members (excludes halogenated alkanes) is 6. The van der Waals surface area contributed by atoms with Gasteiger partial charge in [-0.15, -0.1) is 0 Å². The van der Waals surface area contributed by atoms with Gasteiger partial charge in [0, 0.05) is 5.54 Å². The van der Waals surface area contributed by atoms with E-state index in [0.29, 0.717) is 5.54 Å². The summed E-state index contributed by atoms with van der Waals surface area (Å²) in [5.41, 5.74) is 5.94. The lowest BCUT2D eigenvalue weighted by molar-refractivity contribution is 0.287. The molecule has 3 N–H and O–H groups in total. The third kappa shape index (κ3) is 11.4. The Morgan fingerprint density at radius 3 is 1.74 bits per heavy atom. The molecule has 0 unspecified atom stereocenters. The highest BCUT2D eigenvalue weighted by molar-refractivity contribution is 4.83. The molecule has 0 aromatic heterocycles. The van der Waals surface area contributed by atoms with Crippen molar-refractivity contribution in [2.45, 2.75) is 96.9 Å². The van der Waals surface area contributed by atoms with Crippen LogP contribution < -0.4 is 11.1 Å². The molecule has 0 saturated heterocycles. The standard InChI is InChI=1S/C17H38N2/c1-4-6-8-10-13-17(3,19-16-12-15-18)14-11-9-7-5-2/h19H,4-16,18H2,1-3H3. The minimum Gasteiger partial charge on any atom is -0.330 e. The topological polar surface area (TPSA) is 38.0 Å². The maximum atomic E-state index is 5.60. The first-order chi connectivity index (χ1) is 9.18. The van der Waals surface area contributed by atoms with Crippen molar-refractivity contribution in [1.29, 1.82) is 0 Å². The van der Waals surface area contributed by atoms with Crippen LogP contribution in [0.15, 0.2) is 0 Å². The molecule has 2 heteroatoms. The SMILES string of the molecule is CCCCCCC(C)(CCCCCC)NCCCN. The maximum absolute atomic E-state index is 5.60. The van der Waals surface area contributed by atoms with Crippen LogP contribution >= 0.6 is 0 Å². The molecule has 0 amide bonds. The summed E-state index contributed by atoms with van der Waals surface area (Å²) < 4.78 is 0. The zero-order valence-electron chi connectivity index (χ0n) is 13.8. The van der Waals surface area contributed by atoms with Gasteiger partial charge in [0.05, 0.1) is 0 Å². The van der Waals surface area contributed by atoms with Crippen molar-refractivity contribution in [1.82, 2.24) is 5.32 Å². The minimum atomic E-state index is 0.344. The lowest BCUT2D eigenvalue weighted by Crippen LogP contribution is -2.43. The Balaban J connectivity index is 3.96. The first-order valence-electron chi connectivity index (χ1n) is 8.63. The van der Waals surface area contributed by atoms with Crippen molar-refractivity contribution in [2.75, 3.05) is 13.1 Å². The summed E-state index contributed by atoms with van der Waals surface area (Å²) >= 11 is 0. The Morgan fingerprint density at radius 1 is 0.789 bits per heavy atom. The van der Waals surface area contributed by atoms with Gasteiger partial charge in [0.1, 0.15) is 0 Å². The van der Waals surface area contributed by atoms with Gasteiger partial charge in [-0.1, -0.05) is 65.2 Å². The predicted octanol–water partition coefficient (Wildman–Crippen LogP) is 4.62. The van der Waals surface area contributed by atoms with E-state index in [1.54, 1.807) is 0 Å². The smallest absolute Gasteiger partial charge is 0.0153 e. The van der Waals surface area contributed by atoms with Crippen LogP contribution in [0.2, 0.25) is 0 Å². The van der Waals surface area contributed by atoms with Crippen molar-refractivity contribution in [3.63, 3.8) is 0 Å². The summed E-state index contributed by atoms with van der Waals surface area (Å²) in [7, 11) is 0. The molecule has 19 heavy (non-hydrogen) atoms. The molecule has 116 valence electrons. The fourth-order valence-electron chi connectivity index (χ4n) is 2.68. The lowest BCUT2D eigenvalue weighted by Gasteiger charge is -2.31. The summed E-state index contributed by atoms with van der Waals surface area (Å²) in [6.07, 6.45) is 14.7. The highest BCUT2D eigenvalue weighted by atomic mass is 15.0. The fraction of sp³-hybridized carbons (Fsp3) is 1.00. The lowest BCUT2D eigenvalue weighted by atomic mass is 9.88. The van der Waals surface area contributed by atoms with E-state index >= 15 is 0 Å². The third-order valence-electron chi connectivity index (χ3n) is 4.10. The molecule has 0 atom stereocenters. The first-order valence-corrected chi connectivity index (χ1v) is 8.63. The number of hydrogen-bond donors (Lipinski definition) is 2. The van der Waals surface area contributed by atoms with Crippen LogP contribution in [0, 0.1) is 0 Å². The van der Waals surface area contributed by atoms with Gasteiger partial charge in [0.2, 0.25) is 0 Å². The van der Waals surface area contributed by atoms with Crippen LogP contribution in [0.1, 0.15) is 91.4 Å². The molecule has 0 bridgehead atoms. The van der Waals surface area contributed by atoms with Crippen molar-refractivity contribution < 1.29 is 0 Å². The van der Waals surface area contributed by atoms with Crippen LogP contribution in [0.4, 0.5) is 0 Å². The molecule has 0 radical (unpaired) electrons. The van der Waals surface area contributed by atoms with Crippen LogP contribution in [0.25, 0.3) is 0 Å². The highest BCUT2D eigenvalue weighted by Gasteiger charge is 2.21. The van der Waals surface area contributed by atoms with E-state index in [1.807, 2.05) is 0 Å². The van der Waals surface area contributed by atoms with Gasteiger partial charge in [-0.2, -0.15) is 0 Å². The Bertz CT molecular complexity index is 168. The molecule has 0 fully saturated rings. The Kier molecular flexibility index (Phi) is 12.9. The average Bonchev–Trinajstić information content (AvgIpc) is 2.41. The monoisotopic (exact) mass is 270 g/mol. The van der Waals surface area contributed by atoms with E-state index in [1.165, 1.54) is 64.2 Å². The van der Waals surface area contributed by atoms with Crippen molar-refractivity contribution in [2.24, 2.45) is 5.73 Å². The Morgan fingerprint density at radius 2 is 1.32 bits per heavy atom. The zero-order valence-corrected chi connectivity index (χ0v) is 13.8. The molecule has 0 spiro atoms. The molecule has 0 aromatic carbocycles. The summed E-state index contributed by atoms with van der Waals surface area (Å²) in [5, 5.41) is 3.77. The van der Waals surface area contributed by atoms with E-state index < -0.39 is 0 Å². The van der Waals surface area contributed by atoms with Gasteiger partial charge in [-0.25, -0.2) is 0 Å². The first kappa shape index (κ1) is 18.9. The van der Waals surface area contributed by atoms with Crippen molar-refractivity contribution in [3.05, 3.63) is 0 Å². The molecule has 0 rings (SSSR count). The molecule has 0 aliphatic heterocycles. The van der Waals surface area contributed by atoms with E-state index in [9.17, 15) is 0 Å². The Labute approximate surface area is 121 Å². The Hall–Kier alpha value is -0.0800. The van der Waals surface area contributed by atoms with Gasteiger partial charge in [-0.05, 0) is 39.3 Å². The summed E-state index contributed by atoms with van der Waals surface area (Å²) in [6, 6.07) is 0. The fourth-order valence-corrected chi connectivity index (χ4v) is 2.68. The van der Waals surface area contributed by atoms with Crippen LogP contribution in [0.5, 0.6) is 0 Å². The molecular weight excluding hydrogens is 232 g/mol. The van der Waals surface area contributed by atoms with Gasteiger partial charge in [0.15, 0.2) is 0 Å². The quantitative estimate of drug-likeness (QED) is 0.452. The maximum Gasteiger partial charge on any atom is 0.0153 e. The normalized spacial score (nSPS) is 12.0. The molecular formula is C17H38N2. The number of hydrogen-bond acceptors (Lipinski definition) is 2. The molecule has 0 aliphatic rings. The molecule has 2 nitrogen and oxygen atoms in total. The highest BCUT2D eigenvalue weighted by Crippen LogP contribution is 2.22. The van der Waals surface area contributed by atoms with Crippen molar-refractivity contribution >= 4 is 0 Å². The summed E-state index contributed by atoms with van der Waals surface area (Å²) in [6.45, 7) is 8.86. The molecule has 0 saturated carbocycles. The van der Waals surface area contributed by atoms with Gasteiger partial charge < -0.3 is 11.1 Å². The largest absolute Gasteiger partial charge is 0.330 e. The number of nitrogens with one attached hydrogen (secondary N) is 1. The second-order valence-electron chi connectivity index (χ2n) is 6.25. The minimum absolute atomic E-state index is 0.344. The van der Waals surface area contributed by atoms with E-state index in [0.717, 1.165) is 19.5 Å².